The van der Waals surface area contributed by atoms with Crippen molar-refractivity contribution in [1.29, 1.82) is 0 Å². The third kappa shape index (κ3) is 4.32. The molecule has 0 aliphatic rings. The first-order valence-corrected chi connectivity index (χ1v) is 10.2. The molecule has 5 nitrogen and oxygen atoms in total. The highest BCUT2D eigenvalue weighted by Gasteiger charge is 2.09. The van der Waals surface area contributed by atoms with Crippen LogP contribution in [0, 0.1) is 0 Å². The minimum Gasteiger partial charge on any atom is -0.302 e. The predicted octanol–water partition coefficient (Wildman–Crippen LogP) is 5.00. The Bertz CT molecular complexity index is 1100. The molecule has 4 aromatic rings. The minimum atomic E-state index is -0.120. The molecule has 0 saturated heterocycles. The van der Waals surface area contributed by atoms with E-state index in [1.165, 1.54) is 23.8 Å². The van der Waals surface area contributed by atoms with Crippen LogP contribution in [0.1, 0.15) is 12.5 Å². The molecular formula is C20H16N4OS2. The van der Waals surface area contributed by atoms with Gasteiger partial charge < -0.3 is 5.32 Å². The molecule has 0 saturated carbocycles. The van der Waals surface area contributed by atoms with Crippen LogP contribution in [0.4, 0.5) is 5.13 Å². The number of carbonyl (C=O) groups is 1. The molecule has 0 fully saturated rings. The number of hydrogen-bond donors (Lipinski definition) is 1. The van der Waals surface area contributed by atoms with E-state index in [0.717, 1.165) is 32.4 Å². The first-order valence-electron chi connectivity index (χ1n) is 8.36. The van der Waals surface area contributed by atoms with Gasteiger partial charge in [-0.25, -0.2) is 15.0 Å². The molecule has 0 atom stereocenters. The number of carbonyl (C=O) groups excluding carboxylic acids is 1. The number of anilines is 1. The van der Waals surface area contributed by atoms with Crippen molar-refractivity contribution in [3.8, 4) is 11.3 Å². The molecule has 0 radical (unpaired) electrons. The monoisotopic (exact) mass is 392 g/mol. The van der Waals surface area contributed by atoms with Gasteiger partial charge in [-0.15, -0.1) is 0 Å². The van der Waals surface area contributed by atoms with Gasteiger partial charge in [-0.1, -0.05) is 59.5 Å². The molecule has 27 heavy (non-hydrogen) atoms. The van der Waals surface area contributed by atoms with E-state index in [2.05, 4.69) is 32.4 Å². The molecule has 7 heteroatoms. The molecule has 0 spiro atoms. The van der Waals surface area contributed by atoms with E-state index in [1.807, 2.05) is 42.5 Å². The highest BCUT2D eigenvalue weighted by molar-refractivity contribution is 7.98. The van der Waals surface area contributed by atoms with Gasteiger partial charge in [0.25, 0.3) is 0 Å². The van der Waals surface area contributed by atoms with Crippen molar-refractivity contribution in [3.05, 3.63) is 66.4 Å². The van der Waals surface area contributed by atoms with Gasteiger partial charge >= 0.3 is 0 Å². The number of fused-ring (bicyclic) bond motifs is 1. The maximum atomic E-state index is 11.2. The molecule has 134 valence electrons. The Kier molecular flexibility index (Phi) is 5.13. The molecule has 1 N–H and O–H groups in total. The van der Waals surface area contributed by atoms with Crippen LogP contribution in [0.5, 0.6) is 0 Å². The first kappa shape index (κ1) is 17.6. The fraction of sp³-hybridized carbons (Fsp3) is 0.100. The summed E-state index contributed by atoms with van der Waals surface area (Å²) in [5, 5.41) is 4.09. The van der Waals surface area contributed by atoms with Gasteiger partial charge in [0.1, 0.15) is 0 Å². The van der Waals surface area contributed by atoms with Gasteiger partial charge in [0.2, 0.25) is 5.91 Å². The van der Waals surface area contributed by atoms with Crippen molar-refractivity contribution < 1.29 is 4.79 Å². The van der Waals surface area contributed by atoms with Crippen molar-refractivity contribution in [2.45, 2.75) is 17.8 Å². The van der Waals surface area contributed by atoms with Crippen LogP contribution in [-0.4, -0.2) is 20.9 Å². The molecule has 1 amide bonds. The number of thioether (sulfide) groups is 1. The van der Waals surface area contributed by atoms with Crippen molar-refractivity contribution in [1.82, 2.24) is 15.0 Å². The van der Waals surface area contributed by atoms with E-state index < -0.39 is 0 Å². The van der Waals surface area contributed by atoms with Crippen LogP contribution >= 0.6 is 23.1 Å². The standard InChI is InChI=1S/C20H16N4OS2/c1-13(25)22-20-24-17-8-7-15(11-18(17)27-20)16-9-10-21-19(23-16)26-12-14-5-3-2-4-6-14/h2-11H,12H2,1H3,(H,22,24,25). The third-order valence-corrected chi connectivity index (χ3v) is 5.68. The molecular weight excluding hydrogens is 376 g/mol. The molecule has 4 rings (SSSR count). The van der Waals surface area contributed by atoms with Gasteiger partial charge in [-0.05, 0) is 23.8 Å². The number of nitrogens with zero attached hydrogens (tertiary/aromatic N) is 3. The third-order valence-electron chi connectivity index (χ3n) is 3.81. The average molecular weight is 393 g/mol. The topological polar surface area (TPSA) is 67.8 Å². The van der Waals surface area contributed by atoms with Gasteiger partial charge in [0, 0.05) is 24.4 Å². The van der Waals surface area contributed by atoms with Crippen LogP contribution in [0.3, 0.4) is 0 Å². The zero-order valence-electron chi connectivity index (χ0n) is 14.5. The van der Waals surface area contributed by atoms with Crippen LogP contribution in [0.15, 0.2) is 66.0 Å². The van der Waals surface area contributed by atoms with Crippen molar-refractivity contribution in [2.75, 3.05) is 5.32 Å². The second-order valence-electron chi connectivity index (χ2n) is 5.88. The van der Waals surface area contributed by atoms with Crippen molar-refractivity contribution in [2.24, 2.45) is 0 Å². The van der Waals surface area contributed by atoms with E-state index >= 15 is 0 Å². The quantitative estimate of drug-likeness (QED) is 0.382. The zero-order valence-corrected chi connectivity index (χ0v) is 16.2. The molecule has 0 bridgehead atoms. The summed E-state index contributed by atoms with van der Waals surface area (Å²) in [5.74, 6) is 0.711. The van der Waals surface area contributed by atoms with Gasteiger partial charge in [-0.3, -0.25) is 4.79 Å². The van der Waals surface area contributed by atoms with E-state index in [9.17, 15) is 4.79 Å². The molecule has 0 unspecified atom stereocenters. The zero-order chi connectivity index (χ0) is 18.6. The summed E-state index contributed by atoms with van der Waals surface area (Å²) in [7, 11) is 0. The Morgan fingerprint density at radius 1 is 1.11 bits per heavy atom. The fourth-order valence-electron chi connectivity index (χ4n) is 2.58. The summed E-state index contributed by atoms with van der Waals surface area (Å²) in [6, 6.07) is 18.2. The molecule has 2 aromatic carbocycles. The summed E-state index contributed by atoms with van der Waals surface area (Å²) in [4.78, 5) is 24.7. The number of benzene rings is 2. The van der Waals surface area contributed by atoms with E-state index in [1.54, 1.807) is 18.0 Å². The van der Waals surface area contributed by atoms with Gasteiger partial charge in [0.15, 0.2) is 10.3 Å². The van der Waals surface area contributed by atoms with Crippen molar-refractivity contribution in [3.63, 3.8) is 0 Å². The Morgan fingerprint density at radius 3 is 2.78 bits per heavy atom. The normalized spacial score (nSPS) is 10.9. The summed E-state index contributed by atoms with van der Waals surface area (Å²) >= 11 is 3.07. The fourth-order valence-corrected chi connectivity index (χ4v) is 4.32. The summed E-state index contributed by atoms with van der Waals surface area (Å²) in [6.07, 6.45) is 1.79. The maximum absolute atomic E-state index is 11.2. The van der Waals surface area contributed by atoms with E-state index in [-0.39, 0.29) is 5.91 Å². The first-order chi connectivity index (χ1) is 13.2. The largest absolute Gasteiger partial charge is 0.302 e. The summed E-state index contributed by atoms with van der Waals surface area (Å²) < 4.78 is 1.01. The smallest absolute Gasteiger partial charge is 0.223 e. The lowest BCUT2D eigenvalue weighted by Gasteiger charge is -2.04. The second kappa shape index (κ2) is 7.85. The van der Waals surface area contributed by atoms with Crippen molar-refractivity contribution >= 4 is 44.4 Å². The van der Waals surface area contributed by atoms with Crippen LogP contribution in [0.2, 0.25) is 0 Å². The summed E-state index contributed by atoms with van der Waals surface area (Å²) in [5.41, 5.74) is 3.98. The van der Waals surface area contributed by atoms with E-state index in [0.29, 0.717) is 5.13 Å². The number of nitrogens with one attached hydrogen (secondary N) is 1. The van der Waals surface area contributed by atoms with E-state index in [4.69, 9.17) is 0 Å². The lowest BCUT2D eigenvalue weighted by Crippen LogP contribution is -2.04. The molecule has 2 heterocycles. The minimum absolute atomic E-state index is 0.120. The number of rotatable bonds is 5. The highest BCUT2D eigenvalue weighted by atomic mass is 32.2. The molecule has 0 aliphatic heterocycles. The highest BCUT2D eigenvalue weighted by Crippen LogP contribution is 2.30. The molecule has 2 aromatic heterocycles. The average Bonchev–Trinajstić information content (AvgIpc) is 3.08. The molecule has 0 aliphatic carbocycles. The predicted molar refractivity (Wildman–Crippen MR) is 111 cm³/mol. The number of thiazole rings is 1. The maximum Gasteiger partial charge on any atom is 0.223 e. The van der Waals surface area contributed by atoms with Crippen LogP contribution in [-0.2, 0) is 10.5 Å². The van der Waals surface area contributed by atoms with Crippen LogP contribution < -0.4 is 5.32 Å². The summed E-state index contributed by atoms with van der Waals surface area (Å²) in [6.45, 7) is 1.48. The van der Waals surface area contributed by atoms with Gasteiger partial charge in [-0.2, -0.15) is 0 Å². The Labute approximate surface area is 164 Å². The second-order valence-corrected chi connectivity index (χ2v) is 7.85. The van der Waals surface area contributed by atoms with Gasteiger partial charge in [0.05, 0.1) is 15.9 Å². The Balaban J connectivity index is 1.56. The number of hydrogen-bond acceptors (Lipinski definition) is 6. The Hall–Kier alpha value is -2.77. The van der Waals surface area contributed by atoms with Crippen LogP contribution in [0.25, 0.3) is 21.5 Å². The number of aromatic nitrogens is 3. The lowest BCUT2D eigenvalue weighted by molar-refractivity contribution is -0.114. The lowest BCUT2D eigenvalue weighted by atomic mass is 10.1. The Morgan fingerprint density at radius 2 is 1.96 bits per heavy atom. The SMILES string of the molecule is CC(=O)Nc1nc2ccc(-c3ccnc(SCc4ccccc4)n3)cc2s1. The number of amides is 1.